The van der Waals surface area contributed by atoms with E-state index in [2.05, 4.69) is 5.32 Å². The fourth-order valence-electron chi connectivity index (χ4n) is 1.42. The summed E-state index contributed by atoms with van der Waals surface area (Å²) in [4.78, 5) is 12.8. The highest BCUT2D eigenvalue weighted by atomic mass is 32.1. The van der Waals surface area contributed by atoms with Gasteiger partial charge in [0, 0.05) is 23.1 Å². The molecule has 1 amide bonds. The van der Waals surface area contributed by atoms with Gasteiger partial charge in [-0.3, -0.25) is 4.79 Å². The Labute approximate surface area is 106 Å². The minimum atomic E-state index is -0.374. The molecule has 0 aliphatic carbocycles. The van der Waals surface area contributed by atoms with E-state index in [0.717, 1.165) is 4.88 Å². The van der Waals surface area contributed by atoms with Crippen LogP contribution >= 0.6 is 11.3 Å². The zero-order valence-corrected chi connectivity index (χ0v) is 11.3. The lowest BCUT2D eigenvalue weighted by Crippen LogP contribution is -2.43. The van der Waals surface area contributed by atoms with Crippen LogP contribution in [0.2, 0.25) is 0 Å². The Kier molecular flexibility index (Phi) is 4.90. The van der Waals surface area contributed by atoms with E-state index in [1.807, 2.05) is 38.3 Å². The number of rotatable bonds is 5. The highest BCUT2D eigenvalue weighted by Crippen LogP contribution is 2.17. The topological polar surface area (TPSA) is 49.3 Å². The minimum Gasteiger partial charge on any atom is -0.396 e. The van der Waals surface area contributed by atoms with Gasteiger partial charge in [0.1, 0.15) is 0 Å². The van der Waals surface area contributed by atoms with E-state index in [1.54, 1.807) is 11.3 Å². The molecule has 0 aliphatic rings. The van der Waals surface area contributed by atoms with Crippen molar-refractivity contribution in [2.75, 3.05) is 6.61 Å². The lowest BCUT2D eigenvalue weighted by atomic mass is 10.0. The normalized spacial score (nSPS) is 12.0. The summed E-state index contributed by atoms with van der Waals surface area (Å²) in [7, 11) is 0. The van der Waals surface area contributed by atoms with Crippen molar-refractivity contribution >= 4 is 23.3 Å². The maximum absolute atomic E-state index is 11.7. The van der Waals surface area contributed by atoms with Gasteiger partial charge in [0.15, 0.2) is 0 Å². The second kappa shape index (κ2) is 5.98. The van der Waals surface area contributed by atoms with Gasteiger partial charge < -0.3 is 10.4 Å². The van der Waals surface area contributed by atoms with Gasteiger partial charge in [-0.15, -0.1) is 11.3 Å². The van der Waals surface area contributed by atoms with Crippen LogP contribution in [0.1, 0.15) is 30.7 Å². The number of amides is 1. The fourth-order valence-corrected chi connectivity index (χ4v) is 2.24. The highest BCUT2D eigenvalue weighted by molar-refractivity contribution is 7.11. The lowest BCUT2D eigenvalue weighted by molar-refractivity contribution is -0.118. The maximum atomic E-state index is 11.7. The Morgan fingerprint density at radius 3 is 2.82 bits per heavy atom. The standard InChI is InChI=1S/C13H19NO2S/c1-10-6-9-17-11(10)4-5-12(16)14-13(2,3)7-8-15/h4-6,9,15H,7-8H2,1-3H3,(H,14,16)/b5-4+. The summed E-state index contributed by atoms with van der Waals surface area (Å²) in [5, 5.41) is 13.7. The number of hydrogen-bond acceptors (Lipinski definition) is 3. The molecule has 94 valence electrons. The molecule has 0 saturated carbocycles. The number of carbonyl (C=O) groups is 1. The predicted octanol–water partition coefficient (Wildman–Crippen LogP) is 2.35. The predicted molar refractivity (Wildman–Crippen MR) is 72.0 cm³/mol. The van der Waals surface area contributed by atoms with Crippen molar-refractivity contribution in [2.24, 2.45) is 0 Å². The molecule has 0 spiro atoms. The zero-order chi connectivity index (χ0) is 12.9. The van der Waals surface area contributed by atoms with E-state index in [9.17, 15) is 4.79 Å². The lowest BCUT2D eigenvalue weighted by Gasteiger charge is -2.24. The molecule has 0 bridgehead atoms. The summed E-state index contributed by atoms with van der Waals surface area (Å²) in [5.41, 5.74) is 0.800. The van der Waals surface area contributed by atoms with Crippen molar-refractivity contribution in [3.63, 3.8) is 0 Å². The molecule has 1 aromatic heterocycles. The fraction of sp³-hybridized carbons (Fsp3) is 0.462. The zero-order valence-electron chi connectivity index (χ0n) is 10.5. The number of aliphatic hydroxyl groups excluding tert-OH is 1. The maximum Gasteiger partial charge on any atom is 0.244 e. The Morgan fingerprint density at radius 2 is 2.29 bits per heavy atom. The van der Waals surface area contributed by atoms with Crippen molar-refractivity contribution in [3.05, 3.63) is 28.0 Å². The van der Waals surface area contributed by atoms with Crippen LogP contribution in [0, 0.1) is 6.92 Å². The molecule has 0 aliphatic heterocycles. The smallest absolute Gasteiger partial charge is 0.244 e. The average Bonchev–Trinajstić information content (AvgIpc) is 2.60. The monoisotopic (exact) mass is 253 g/mol. The van der Waals surface area contributed by atoms with Gasteiger partial charge in [-0.05, 0) is 50.3 Å². The van der Waals surface area contributed by atoms with E-state index in [-0.39, 0.29) is 18.1 Å². The van der Waals surface area contributed by atoms with Crippen LogP contribution in [0.3, 0.4) is 0 Å². The molecule has 0 radical (unpaired) electrons. The van der Waals surface area contributed by atoms with Crippen molar-refractivity contribution in [3.8, 4) is 0 Å². The van der Waals surface area contributed by atoms with Gasteiger partial charge in [-0.2, -0.15) is 0 Å². The summed E-state index contributed by atoms with van der Waals surface area (Å²) < 4.78 is 0. The number of nitrogens with one attached hydrogen (secondary N) is 1. The third kappa shape index (κ3) is 4.71. The summed E-state index contributed by atoms with van der Waals surface area (Å²) in [6, 6.07) is 2.03. The third-order valence-corrected chi connectivity index (χ3v) is 3.47. The van der Waals surface area contributed by atoms with Gasteiger partial charge in [0.2, 0.25) is 5.91 Å². The Morgan fingerprint density at radius 1 is 1.59 bits per heavy atom. The van der Waals surface area contributed by atoms with Crippen LogP contribution in [0.4, 0.5) is 0 Å². The Hall–Kier alpha value is -1.13. The summed E-state index contributed by atoms with van der Waals surface area (Å²) in [6.07, 6.45) is 3.91. The summed E-state index contributed by atoms with van der Waals surface area (Å²) >= 11 is 1.61. The quantitative estimate of drug-likeness (QED) is 0.791. The number of hydrogen-bond donors (Lipinski definition) is 2. The SMILES string of the molecule is Cc1ccsc1/C=C/C(=O)NC(C)(C)CCO. The number of thiophene rings is 1. The molecule has 1 aromatic rings. The molecule has 2 N–H and O–H groups in total. The van der Waals surface area contributed by atoms with Gasteiger partial charge in [0.25, 0.3) is 0 Å². The van der Waals surface area contributed by atoms with E-state index in [1.165, 1.54) is 11.6 Å². The first-order chi connectivity index (χ1) is 7.94. The molecule has 0 fully saturated rings. The van der Waals surface area contributed by atoms with Crippen LogP contribution in [0.5, 0.6) is 0 Å². The second-order valence-corrected chi connectivity index (χ2v) is 5.60. The van der Waals surface area contributed by atoms with E-state index >= 15 is 0 Å². The highest BCUT2D eigenvalue weighted by Gasteiger charge is 2.18. The van der Waals surface area contributed by atoms with Crippen LogP contribution in [-0.4, -0.2) is 23.2 Å². The molecule has 0 aromatic carbocycles. The molecule has 1 heterocycles. The number of carbonyl (C=O) groups excluding carboxylic acids is 1. The van der Waals surface area contributed by atoms with Crippen molar-refractivity contribution in [1.82, 2.24) is 5.32 Å². The molecular weight excluding hydrogens is 234 g/mol. The van der Waals surface area contributed by atoms with Gasteiger partial charge >= 0.3 is 0 Å². The Bertz CT molecular complexity index is 407. The Balaban J connectivity index is 2.56. The molecule has 0 atom stereocenters. The average molecular weight is 253 g/mol. The van der Waals surface area contributed by atoms with Crippen molar-refractivity contribution in [1.29, 1.82) is 0 Å². The largest absolute Gasteiger partial charge is 0.396 e. The van der Waals surface area contributed by atoms with E-state index in [0.29, 0.717) is 6.42 Å². The third-order valence-electron chi connectivity index (χ3n) is 2.49. The van der Waals surface area contributed by atoms with Crippen molar-refractivity contribution in [2.45, 2.75) is 32.7 Å². The van der Waals surface area contributed by atoms with Crippen LogP contribution in [0.15, 0.2) is 17.5 Å². The second-order valence-electron chi connectivity index (χ2n) is 4.65. The molecule has 3 nitrogen and oxygen atoms in total. The molecule has 17 heavy (non-hydrogen) atoms. The molecule has 0 unspecified atom stereocenters. The van der Waals surface area contributed by atoms with E-state index < -0.39 is 0 Å². The summed E-state index contributed by atoms with van der Waals surface area (Å²) in [6.45, 7) is 5.88. The molecule has 4 heteroatoms. The van der Waals surface area contributed by atoms with Crippen LogP contribution in [0.25, 0.3) is 6.08 Å². The van der Waals surface area contributed by atoms with E-state index in [4.69, 9.17) is 5.11 Å². The number of aliphatic hydroxyl groups is 1. The van der Waals surface area contributed by atoms with Gasteiger partial charge in [0.05, 0.1) is 0 Å². The van der Waals surface area contributed by atoms with Crippen LogP contribution in [-0.2, 0) is 4.79 Å². The number of aryl methyl sites for hydroxylation is 1. The first-order valence-electron chi connectivity index (χ1n) is 5.60. The first kappa shape index (κ1) is 13.9. The van der Waals surface area contributed by atoms with Gasteiger partial charge in [-0.1, -0.05) is 0 Å². The van der Waals surface area contributed by atoms with Crippen molar-refractivity contribution < 1.29 is 9.90 Å². The molecular formula is C13H19NO2S. The summed E-state index contributed by atoms with van der Waals surface area (Å²) in [5.74, 6) is -0.128. The van der Waals surface area contributed by atoms with Crippen LogP contribution < -0.4 is 5.32 Å². The minimum absolute atomic E-state index is 0.0705. The van der Waals surface area contributed by atoms with Gasteiger partial charge in [-0.25, -0.2) is 0 Å². The molecule has 0 saturated heterocycles. The molecule has 1 rings (SSSR count). The first-order valence-corrected chi connectivity index (χ1v) is 6.48.